The third-order valence-corrected chi connectivity index (χ3v) is 4.37. The first kappa shape index (κ1) is 16.7. The molecule has 0 aliphatic rings. The zero-order chi connectivity index (χ0) is 18.8. The summed E-state index contributed by atoms with van der Waals surface area (Å²) in [5.74, 6) is 0.209. The summed E-state index contributed by atoms with van der Waals surface area (Å²) in [6.45, 7) is 1.90. The number of aromatic amines is 2. The molecule has 0 aliphatic carbocycles. The SMILES string of the molecule is Cc1[nH]nc(NC(=O)Cc2n[nH]c(=O)c3ccccc23)c1-c1ccccc1. The molecule has 0 bridgehead atoms. The highest BCUT2D eigenvalue weighted by Gasteiger charge is 2.16. The number of hydrogen-bond donors (Lipinski definition) is 3. The molecule has 0 spiro atoms. The Morgan fingerprint density at radius 2 is 1.67 bits per heavy atom. The molecule has 134 valence electrons. The van der Waals surface area contributed by atoms with Crippen LogP contribution >= 0.6 is 0 Å². The topological polar surface area (TPSA) is 104 Å². The van der Waals surface area contributed by atoms with Crippen LogP contribution in [0.15, 0.2) is 59.4 Å². The van der Waals surface area contributed by atoms with Gasteiger partial charge in [0.15, 0.2) is 5.82 Å². The number of rotatable bonds is 4. The van der Waals surface area contributed by atoms with Gasteiger partial charge in [0.25, 0.3) is 5.56 Å². The first-order valence-electron chi connectivity index (χ1n) is 8.50. The number of nitrogens with zero attached hydrogens (tertiary/aromatic N) is 2. The Labute approximate surface area is 154 Å². The lowest BCUT2D eigenvalue weighted by atomic mass is 10.1. The highest BCUT2D eigenvalue weighted by Crippen LogP contribution is 2.29. The van der Waals surface area contributed by atoms with E-state index in [-0.39, 0.29) is 17.9 Å². The molecule has 0 radical (unpaired) electrons. The minimum Gasteiger partial charge on any atom is -0.308 e. The molecule has 0 aliphatic heterocycles. The maximum atomic E-state index is 12.6. The summed E-state index contributed by atoms with van der Waals surface area (Å²) in [6.07, 6.45) is 0.0252. The second kappa shape index (κ2) is 6.87. The molecule has 2 heterocycles. The van der Waals surface area contributed by atoms with E-state index in [2.05, 4.69) is 25.7 Å². The van der Waals surface area contributed by atoms with Gasteiger partial charge in [-0.25, -0.2) is 5.10 Å². The van der Waals surface area contributed by atoms with Crippen molar-refractivity contribution in [1.29, 1.82) is 0 Å². The zero-order valence-corrected chi connectivity index (χ0v) is 14.6. The van der Waals surface area contributed by atoms with Crippen LogP contribution < -0.4 is 10.9 Å². The molecule has 0 fully saturated rings. The Bertz CT molecular complexity index is 1180. The van der Waals surface area contributed by atoms with Crippen molar-refractivity contribution >= 4 is 22.5 Å². The number of benzene rings is 2. The van der Waals surface area contributed by atoms with Gasteiger partial charge >= 0.3 is 0 Å². The molecule has 27 heavy (non-hydrogen) atoms. The van der Waals surface area contributed by atoms with Gasteiger partial charge in [-0.2, -0.15) is 10.2 Å². The van der Waals surface area contributed by atoms with Crippen molar-refractivity contribution in [3.8, 4) is 11.1 Å². The Hall–Kier alpha value is -3.74. The van der Waals surface area contributed by atoms with Crippen molar-refractivity contribution < 1.29 is 4.79 Å². The summed E-state index contributed by atoms with van der Waals surface area (Å²) in [6, 6.07) is 16.8. The summed E-state index contributed by atoms with van der Waals surface area (Å²) < 4.78 is 0. The number of amides is 1. The average Bonchev–Trinajstić information content (AvgIpc) is 3.05. The van der Waals surface area contributed by atoms with Crippen LogP contribution in [0, 0.1) is 6.92 Å². The molecule has 7 nitrogen and oxygen atoms in total. The normalized spacial score (nSPS) is 10.9. The van der Waals surface area contributed by atoms with Crippen LogP contribution in [0.25, 0.3) is 21.9 Å². The average molecular weight is 359 g/mol. The maximum absolute atomic E-state index is 12.6. The lowest BCUT2D eigenvalue weighted by Gasteiger charge is -2.07. The molecular formula is C20H17N5O2. The van der Waals surface area contributed by atoms with Crippen LogP contribution in [-0.4, -0.2) is 26.3 Å². The van der Waals surface area contributed by atoms with Gasteiger partial charge in [0, 0.05) is 16.6 Å². The number of carbonyl (C=O) groups is 1. The summed E-state index contributed by atoms with van der Waals surface area (Å²) in [4.78, 5) is 24.5. The largest absolute Gasteiger partial charge is 0.308 e. The van der Waals surface area contributed by atoms with E-state index in [9.17, 15) is 9.59 Å². The monoisotopic (exact) mass is 359 g/mol. The smallest absolute Gasteiger partial charge is 0.272 e. The van der Waals surface area contributed by atoms with Crippen molar-refractivity contribution in [3.05, 3.63) is 76.3 Å². The van der Waals surface area contributed by atoms with Crippen LogP contribution in [0.5, 0.6) is 0 Å². The lowest BCUT2D eigenvalue weighted by Crippen LogP contribution is -2.19. The molecule has 0 unspecified atom stereocenters. The van der Waals surface area contributed by atoms with Gasteiger partial charge in [-0.3, -0.25) is 14.7 Å². The van der Waals surface area contributed by atoms with E-state index >= 15 is 0 Å². The van der Waals surface area contributed by atoms with E-state index in [0.717, 1.165) is 16.8 Å². The molecule has 1 amide bonds. The second-order valence-electron chi connectivity index (χ2n) is 6.21. The van der Waals surface area contributed by atoms with Crippen molar-refractivity contribution in [2.75, 3.05) is 5.32 Å². The second-order valence-corrected chi connectivity index (χ2v) is 6.21. The molecule has 0 saturated heterocycles. The highest BCUT2D eigenvalue weighted by atomic mass is 16.1. The predicted octanol–water partition coefficient (Wildman–Crippen LogP) is 2.80. The van der Waals surface area contributed by atoms with E-state index in [1.54, 1.807) is 18.2 Å². The fraction of sp³-hybridized carbons (Fsp3) is 0.100. The number of aromatic nitrogens is 4. The van der Waals surface area contributed by atoms with E-state index < -0.39 is 0 Å². The number of H-pyrrole nitrogens is 2. The van der Waals surface area contributed by atoms with Gasteiger partial charge in [0.1, 0.15) is 0 Å². The Morgan fingerprint density at radius 3 is 2.44 bits per heavy atom. The molecule has 0 saturated carbocycles. The van der Waals surface area contributed by atoms with Gasteiger partial charge in [-0.05, 0) is 18.6 Å². The number of aryl methyl sites for hydroxylation is 1. The summed E-state index contributed by atoms with van der Waals surface area (Å²) >= 11 is 0. The Kier molecular flexibility index (Phi) is 4.25. The van der Waals surface area contributed by atoms with Crippen LogP contribution in [-0.2, 0) is 11.2 Å². The van der Waals surface area contributed by atoms with Gasteiger partial charge in [-0.15, -0.1) is 0 Å². The van der Waals surface area contributed by atoms with Gasteiger partial charge in [0.2, 0.25) is 5.91 Å². The quantitative estimate of drug-likeness (QED) is 0.521. The number of hydrogen-bond acceptors (Lipinski definition) is 4. The molecule has 2 aromatic heterocycles. The molecule has 4 rings (SSSR count). The van der Waals surface area contributed by atoms with E-state index in [1.165, 1.54) is 0 Å². The summed E-state index contributed by atoms with van der Waals surface area (Å²) in [5, 5.41) is 17.6. The van der Waals surface area contributed by atoms with Gasteiger partial charge in [0.05, 0.1) is 17.5 Å². The van der Waals surface area contributed by atoms with E-state index in [0.29, 0.717) is 22.3 Å². The fourth-order valence-electron chi connectivity index (χ4n) is 3.11. The molecule has 0 atom stereocenters. The van der Waals surface area contributed by atoms with Crippen LogP contribution in [0.2, 0.25) is 0 Å². The minimum absolute atomic E-state index is 0.0252. The Morgan fingerprint density at radius 1 is 0.963 bits per heavy atom. The van der Waals surface area contributed by atoms with Gasteiger partial charge < -0.3 is 5.32 Å². The number of anilines is 1. The zero-order valence-electron chi connectivity index (χ0n) is 14.6. The Balaban J connectivity index is 1.62. The summed E-state index contributed by atoms with van der Waals surface area (Å²) in [5.41, 5.74) is 2.92. The van der Waals surface area contributed by atoms with E-state index in [1.807, 2.05) is 43.3 Å². The maximum Gasteiger partial charge on any atom is 0.272 e. The van der Waals surface area contributed by atoms with Crippen molar-refractivity contribution in [2.24, 2.45) is 0 Å². The van der Waals surface area contributed by atoms with Crippen molar-refractivity contribution in [2.45, 2.75) is 13.3 Å². The first-order valence-corrected chi connectivity index (χ1v) is 8.50. The predicted molar refractivity (Wildman–Crippen MR) is 103 cm³/mol. The third-order valence-electron chi connectivity index (χ3n) is 4.37. The number of carbonyl (C=O) groups excluding carboxylic acids is 1. The van der Waals surface area contributed by atoms with Crippen LogP contribution in [0.4, 0.5) is 5.82 Å². The third kappa shape index (κ3) is 3.22. The number of fused-ring (bicyclic) bond motifs is 1. The van der Waals surface area contributed by atoms with Gasteiger partial charge in [-0.1, -0.05) is 48.5 Å². The van der Waals surface area contributed by atoms with Crippen LogP contribution in [0.3, 0.4) is 0 Å². The molecule has 4 aromatic rings. The van der Waals surface area contributed by atoms with Crippen LogP contribution in [0.1, 0.15) is 11.4 Å². The molecular weight excluding hydrogens is 342 g/mol. The highest BCUT2D eigenvalue weighted by molar-refractivity contribution is 5.97. The van der Waals surface area contributed by atoms with E-state index in [4.69, 9.17) is 0 Å². The lowest BCUT2D eigenvalue weighted by molar-refractivity contribution is -0.115. The molecule has 2 aromatic carbocycles. The van der Waals surface area contributed by atoms with Crippen molar-refractivity contribution in [1.82, 2.24) is 20.4 Å². The summed E-state index contributed by atoms with van der Waals surface area (Å²) in [7, 11) is 0. The minimum atomic E-state index is -0.274. The number of nitrogens with one attached hydrogen (secondary N) is 3. The van der Waals surface area contributed by atoms with Crippen molar-refractivity contribution in [3.63, 3.8) is 0 Å². The first-order chi connectivity index (χ1) is 13.1. The molecule has 3 N–H and O–H groups in total. The molecule has 7 heteroatoms. The standard InChI is InChI=1S/C20H17N5O2/c1-12-18(13-7-3-2-4-8-13)19(24-22-12)21-17(26)11-16-14-9-5-6-10-15(14)20(27)25-23-16/h2-10H,11H2,1H3,(H,25,27)(H2,21,22,24,26). The fourth-order valence-corrected chi connectivity index (χ4v) is 3.11.